The number of nitrogens with zero attached hydrogens (tertiary/aromatic N) is 2. The summed E-state index contributed by atoms with van der Waals surface area (Å²) in [6, 6.07) is 11.7. The fourth-order valence-corrected chi connectivity index (χ4v) is 3.97. The van der Waals surface area contributed by atoms with E-state index in [0.29, 0.717) is 11.4 Å². The highest BCUT2D eigenvalue weighted by Crippen LogP contribution is 2.47. The molecular weight excluding hydrogens is 343 g/mol. The quantitative estimate of drug-likeness (QED) is 0.723. The maximum atomic E-state index is 13.8. The predicted molar refractivity (Wildman–Crippen MR) is 105 cm³/mol. The maximum Gasteiger partial charge on any atom is 0.323 e. The van der Waals surface area contributed by atoms with Crippen molar-refractivity contribution in [3.63, 3.8) is 0 Å². The van der Waals surface area contributed by atoms with E-state index >= 15 is 0 Å². The van der Waals surface area contributed by atoms with Crippen LogP contribution in [0.25, 0.3) is 10.8 Å². The van der Waals surface area contributed by atoms with E-state index in [0.717, 1.165) is 41.4 Å². The van der Waals surface area contributed by atoms with Gasteiger partial charge in [0.1, 0.15) is 5.82 Å². The minimum absolute atomic E-state index is 0.293. The van der Waals surface area contributed by atoms with Crippen LogP contribution in [0.5, 0.6) is 0 Å². The largest absolute Gasteiger partial charge is 0.369 e. The average molecular weight is 362 g/mol. The van der Waals surface area contributed by atoms with Gasteiger partial charge in [-0.05, 0) is 48.6 Å². The molecule has 1 saturated heterocycles. The van der Waals surface area contributed by atoms with Crippen LogP contribution in [0.1, 0.15) is 6.42 Å². The Kier molecular flexibility index (Phi) is 3.70. The molecule has 0 radical (unpaired) electrons. The molecule has 1 aliphatic carbocycles. The van der Waals surface area contributed by atoms with Crippen LogP contribution in [0, 0.1) is 17.7 Å². The average Bonchev–Trinajstić information content (AvgIpc) is 3.29. The molecule has 2 unspecified atom stereocenters. The number of piperidine rings is 1. The van der Waals surface area contributed by atoms with Crippen LogP contribution in [0.2, 0.25) is 0 Å². The number of anilines is 3. The van der Waals surface area contributed by atoms with Gasteiger partial charge >= 0.3 is 6.03 Å². The van der Waals surface area contributed by atoms with Gasteiger partial charge in [0.2, 0.25) is 0 Å². The summed E-state index contributed by atoms with van der Waals surface area (Å²) < 4.78 is 13.8. The zero-order valence-electron chi connectivity index (χ0n) is 14.7. The fourth-order valence-electron chi connectivity index (χ4n) is 3.97. The molecule has 2 N–H and O–H groups in total. The summed E-state index contributed by atoms with van der Waals surface area (Å²) in [6.07, 6.45) is 4.72. The predicted octanol–water partition coefficient (Wildman–Crippen LogP) is 4.47. The van der Waals surface area contributed by atoms with Crippen LogP contribution >= 0.6 is 0 Å². The lowest BCUT2D eigenvalue weighted by atomic mass is 10.1. The maximum absolute atomic E-state index is 13.8. The van der Waals surface area contributed by atoms with Crippen molar-refractivity contribution in [2.45, 2.75) is 6.42 Å². The molecule has 2 atom stereocenters. The molecule has 1 aromatic heterocycles. The van der Waals surface area contributed by atoms with Crippen molar-refractivity contribution >= 4 is 33.9 Å². The molecule has 0 spiro atoms. The number of hydrogen-bond donors (Lipinski definition) is 2. The van der Waals surface area contributed by atoms with Crippen LogP contribution in [0.4, 0.5) is 26.2 Å². The Hall–Kier alpha value is -3.15. The number of pyridine rings is 1. The molecule has 0 bridgehead atoms. The van der Waals surface area contributed by atoms with Crippen molar-refractivity contribution < 1.29 is 9.18 Å². The number of carbonyl (C=O) groups is 1. The number of hydrogen-bond acceptors (Lipinski definition) is 3. The highest BCUT2D eigenvalue weighted by atomic mass is 19.1. The summed E-state index contributed by atoms with van der Waals surface area (Å²) in [5, 5.41) is 7.65. The standard InChI is InChI=1S/C21H19FN4O/c22-16-4-5-19(20(9-16)26-11-14-8-15(14)12-26)25-21(27)24-18-3-1-2-13-10-23-7-6-17(13)18/h1-7,9-10,14-15H,8,11-12H2,(H2,24,25,27). The monoisotopic (exact) mass is 362 g/mol. The lowest BCUT2D eigenvalue weighted by Gasteiger charge is -2.23. The molecule has 27 heavy (non-hydrogen) atoms. The van der Waals surface area contributed by atoms with Crippen LogP contribution in [0.15, 0.2) is 54.9 Å². The van der Waals surface area contributed by atoms with E-state index in [4.69, 9.17) is 0 Å². The number of fused-ring (bicyclic) bond motifs is 2. The molecule has 2 heterocycles. The Bertz CT molecular complexity index is 1020. The number of benzene rings is 2. The van der Waals surface area contributed by atoms with Crippen LogP contribution in [-0.2, 0) is 0 Å². The smallest absolute Gasteiger partial charge is 0.323 e. The van der Waals surface area contributed by atoms with Gasteiger partial charge in [-0.1, -0.05) is 12.1 Å². The van der Waals surface area contributed by atoms with E-state index < -0.39 is 0 Å². The van der Waals surface area contributed by atoms with Gasteiger partial charge in [0, 0.05) is 36.3 Å². The summed E-state index contributed by atoms with van der Waals surface area (Å²) in [4.78, 5) is 18.9. The van der Waals surface area contributed by atoms with Gasteiger partial charge in [-0.25, -0.2) is 9.18 Å². The molecular formula is C21H19FN4O. The number of halogens is 1. The molecule has 2 fully saturated rings. The van der Waals surface area contributed by atoms with Crippen molar-refractivity contribution in [2.75, 3.05) is 28.6 Å². The van der Waals surface area contributed by atoms with E-state index in [9.17, 15) is 9.18 Å². The Morgan fingerprint density at radius 3 is 2.74 bits per heavy atom. The van der Waals surface area contributed by atoms with E-state index in [1.165, 1.54) is 18.6 Å². The SMILES string of the molecule is O=C(Nc1ccc(F)cc1N1CC2CC2C1)Nc1cccc2cnccc12. The Labute approximate surface area is 156 Å². The van der Waals surface area contributed by atoms with Gasteiger partial charge in [-0.15, -0.1) is 0 Å². The van der Waals surface area contributed by atoms with Crippen LogP contribution in [0.3, 0.4) is 0 Å². The lowest BCUT2D eigenvalue weighted by Crippen LogP contribution is -2.25. The van der Waals surface area contributed by atoms with Crippen molar-refractivity contribution in [1.82, 2.24) is 4.98 Å². The Morgan fingerprint density at radius 1 is 1.07 bits per heavy atom. The van der Waals surface area contributed by atoms with Gasteiger partial charge < -0.3 is 15.5 Å². The lowest BCUT2D eigenvalue weighted by molar-refractivity contribution is 0.262. The van der Waals surface area contributed by atoms with Crippen LogP contribution < -0.4 is 15.5 Å². The van der Waals surface area contributed by atoms with Crippen molar-refractivity contribution in [3.8, 4) is 0 Å². The fraction of sp³-hybridized carbons (Fsp3) is 0.238. The number of nitrogens with one attached hydrogen (secondary N) is 2. The first-order valence-corrected chi connectivity index (χ1v) is 9.12. The third kappa shape index (κ3) is 3.07. The first kappa shape index (κ1) is 16.1. The van der Waals surface area contributed by atoms with Gasteiger partial charge in [-0.2, -0.15) is 0 Å². The van der Waals surface area contributed by atoms with Crippen molar-refractivity contribution in [3.05, 3.63) is 60.7 Å². The number of amides is 2. The molecule has 5 rings (SSSR count). The zero-order chi connectivity index (χ0) is 18.4. The molecule has 5 nitrogen and oxygen atoms in total. The third-order valence-electron chi connectivity index (χ3n) is 5.46. The molecule has 2 aromatic carbocycles. The summed E-state index contributed by atoms with van der Waals surface area (Å²) in [5.74, 6) is 1.15. The van der Waals surface area contributed by atoms with Crippen molar-refractivity contribution in [1.29, 1.82) is 0 Å². The summed E-state index contributed by atoms with van der Waals surface area (Å²) in [6.45, 7) is 1.86. The normalized spacial score (nSPS) is 20.4. The zero-order valence-corrected chi connectivity index (χ0v) is 14.7. The van der Waals surface area contributed by atoms with Gasteiger partial charge in [-0.3, -0.25) is 4.98 Å². The molecule has 2 amide bonds. The molecule has 136 valence electrons. The second kappa shape index (κ2) is 6.23. The molecule has 6 heteroatoms. The molecule has 1 aliphatic heterocycles. The molecule has 1 saturated carbocycles. The first-order chi connectivity index (χ1) is 13.2. The summed E-state index contributed by atoms with van der Waals surface area (Å²) in [5.41, 5.74) is 2.08. The highest BCUT2D eigenvalue weighted by molar-refractivity contribution is 6.07. The summed E-state index contributed by atoms with van der Waals surface area (Å²) >= 11 is 0. The van der Waals surface area contributed by atoms with E-state index in [-0.39, 0.29) is 11.8 Å². The van der Waals surface area contributed by atoms with Gasteiger partial charge in [0.15, 0.2) is 0 Å². The first-order valence-electron chi connectivity index (χ1n) is 9.12. The Morgan fingerprint density at radius 2 is 1.89 bits per heavy atom. The second-order valence-electron chi connectivity index (χ2n) is 7.30. The second-order valence-corrected chi connectivity index (χ2v) is 7.30. The number of aromatic nitrogens is 1. The van der Waals surface area contributed by atoms with Crippen LogP contribution in [-0.4, -0.2) is 24.1 Å². The number of urea groups is 1. The van der Waals surface area contributed by atoms with E-state index in [1.807, 2.05) is 24.3 Å². The van der Waals surface area contributed by atoms with Gasteiger partial charge in [0.05, 0.1) is 17.1 Å². The topological polar surface area (TPSA) is 57.3 Å². The minimum atomic E-state index is -0.350. The molecule has 3 aromatic rings. The van der Waals surface area contributed by atoms with E-state index in [1.54, 1.807) is 18.5 Å². The number of rotatable bonds is 3. The van der Waals surface area contributed by atoms with E-state index in [2.05, 4.69) is 20.5 Å². The summed E-state index contributed by atoms with van der Waals surface area (Å²) in [7, 11) is 0. The number of carbonyl (C=O) groups excluding carboxylic acids is 1. The van der Waals surface area contributed by atoms with Gasteiger partial charge in [0.25, 0.3) is 0 Å². The molecule has 2 aliphatic rings. The minimum Gasteiger partial charge on any atom is -0.369 e. The Balaban J connectivity index is 1.38. The van der Waals surface area contributed by atoms with Crippen molar-refractivity contribution in [2.24, 2.45) is 11.8 Å². The highest BCUT2D eigenvalue weighted by Gasteiger charge is 2.45. The third-order valence-corrected chi connectivity index (χ3v) is 5.46.